The van der Waals surface area contributed by atoms with Crippen LogP contribution < -0.4 is 10.1 Å². The minimum absolute atomic E-state index is 0.633. The largest absolute Gasteiger partial charge is 0.493 e. The quantitative estimate of drug-likeness (QED) is 0.799. The zero-order chi connectivity index (χ0) is 12.7. The van der Waals surface area contributed by atoms with E-state index in [0.29, 0.717) is 5.92 Å². The van der Waals surface area contributed by atoms with Crippen molar-refractivity contribution in [1.29, 1.82) is 0 Å². The highest BCUT2D eigenvalue weighted by atomic mass is 35.5. The molecule has 1 rings (SSSR count). The molecule has 0 fully saturated rings. The number of halogens is 1. The van der Waals surface area contributed by atoms with Gasteiger partial charge in [0.1, 0.15) is 5.75 Å². The van der Waals surface area contributed by atoms with Crippen molar-refractivity contribution in [2.75, 3.05) is 13.7 Å². The first kappa shape index (κ1) is 14.3. The van der Waals surface area contributed by atoms with Gasteiger partial charge in [0.05, 0.1) is 6.61 Å². The van der Waals surface area contributed by atoms with Gasteiger partial charge in [-0.05, 0) is 31.2 Å². The molecule has 1 N–H and O–H groups in total. The molecular formula is C14H22ClNO. The van der Waals surface area contributed by atoms with Crippen molar-refractivity contribution in [2.45, 2.75) is 33.2 Å². The van der Waals surface area contributed by atoms with Crippen LogP contribution in [0.5, 0.6) is 5.75 Å². The van der Waals surface area contributed by atoms with Gasteiger partial charge in [-0.2, -0.15) is 0 Å². The second-order valence-corrected chi connectivity index (χ2v) is 4.71. The highest BCUT2D eigenvalue weighted by Crippen LogP contribution is 2.24. The van der Waals surface area contributed by atoms with Crippen LogP contribution in [0.15, 0.2) is 18.2 Å². The molecule has 3 heteroatoms. The van der Waals surface area contributed by atoms with Crippen LogP contribution in [0.1, 0.15) is 32.3 Å². The summed E-state index contributed by atoms with van der Waals surface area (Å²) in [6.45, 7) is 5.96. The van der Waals surface area contributed by atoms with Crippen molar-refractivity contribution in [3.8, 4) is 5.75 Å². The number of hydrogen-bond donors (Lipinski definition) is 1. The van der Waals surface area contributed by atoms with E-state index in [1.54, 1.807) is 0 Å². The molecule has 0 aliphatic carbocycles. The summed E-state index contributed by atoms with van der Waals surface area (Å²) in [6.07, 6.45) is 2.32. The van der Waals surface area contributed by atoms with E-state index in [4.69, 9.17) is 16.3 Å². The molecule has 0 amide bonds. The SMILES string of the molecule is CCC(CC)COc1ccc(Cl)cc1CNC. The van der Waals surface area contributed by atoms with Crippen molar-refractivity contribution in [2.24, 2.45) is 5.92 Å². The van der Waals surface area contributed by atoms with Crippen LogP contribution in [0.2, 0.25) is 5.02 Å². The van der Waals surface area contributed by atoms with E-state index in [0.717, 1.165) is 42.3 Å². The molecule has 0 aliphatic heterocycles. The maximum Gasteiger partial charge on any atom is 0.123 e. The van der Waals surface area contributed by atoms with Crippen molar-refractivity contribution in [1.82, 2.24) is 5.32 Å². The first-order valence-electron chi connectivity index (χ1n) is 6.27. The summed E-state index contributed by atoms with van der Waals surface area (Å²) >= 11 is 5.99. The molecule has 2 nitrogen and oxygen atoms in total. The Balaban J connectivity index is 2.68. The van der Waals surface area contributed by atoms with Crippen molar-refractivity contribution in [3.63, 3.8) is 0 Å². The van der Waals surface area contributed by atoms with Gasteiger partial charge in [-0.1, -0.05) is 38.3 Å². The summed E-state index contributed by atoms with van der Waals surface area (Å²) < 4.78 is 5.89. The average Bonchev–Trinajstić information content (AvgIpc) is 2.33. The van der Waals surface area contributed by atoms with Crippen molar-refractivity contribution < 1.29 is 4.74 Å². The van der Waals surface area contributed by atoms with Gasteiger partial charge in [0.25, 0.3) is 0 Å². The van der Waals surface area contributed by atoms with Crippen LogP contribution in [0.4, 0.5) is 0 Å². The van der Waals surface area contributed by atoms with Gasteiger partial charge in [0, 0.05) is 17.1 Å². The Labute approximate surface area is 109 Å². The van der Waals surface area contributed by atoms with Gasteiger partial charge in [-0.25, -0.2) is 0 Å². The minimum atomic E-state index is 0.633. The van der Waals surface area contributed by atoms with Crippen molar-refractivity contribution >= 4 is 11.6 Å². The summed E-state index contributed by atoms with van der Waals surface area (Å²) in [4.78, 5) is 0. The highest BCUT2D eigenvalue weighted by Gasteiger charge is 2.08. The Morgan fingerprint density at radius 2 is 2.00 bits per heavy atom. The molecule has 0 bridgehead atoms. The lowest BCUT2D eigenvalue weighted by atomic mass is 10.1. The molecule has 17 heavy (non-hydrogen) atoms. The predicted octanol–water partition coefficient (Wildman–Crippen LogP) is 3.87. The minimum Gasteiger partial charge on any atom is -0.493 e. The van der Waals surface area contributed by atoms with E-state index in [9.17, 15) is 0 Å². The van der Waals surface area contributed by atoms with Gasteiger partial charge < -0.3 is 10.1 Å². The van der Waals surface area contributed by atoms with Crippen LogP contribution in [0.3, 0.4) is 0 Å². The van der Waals surface area contributed by atoms with E-state index in [-0.39, 0.29) is 0 Å². The van der Waals surface area contributed by atoms with E-state index in [1.165, 1.54) is 0 Å². The number of benzene rings is 1. The number of ether oxygens (including phenoxy) is 1. The Morgan fingerprint density at radius 3 is 2.59 bits per heavy atom. The molecule has 0 unspecified atom stereocenters. The third kappa shape index (κ3) is 4.57. The average molecular weight is 256 g/mol. The van der Waals surface area contributed by atoms with Gasteiger partial charge >= 0.3 is 0 Å². The molecule has 0 aromatic heterocycles. The van der Waals surface area contributed by atoms with Gasteiger partial charge in [0.15, 0.2) is 0 Å². The van der Waals surface area contributed by atoms with Gasteiger partial charge in [0.2, 0.25) is 0 Å². The zero-order valence-corrected chi connectivity index (χ0v) is 11.7. The fourth-order valence-corrected chi connectivity index (χ4v) is 1.94. The number of hydrogen-bond acceptors (Lipinski definition) is 2. The third-order valence-electron chi connectivity index (χ3n) is 3.02. The zero-order valence-electron chi connectivity index (χ0n) is 10.9. The molecule has 96 valence electrons. The van der Waals surface area contributed by atoms with E-state index in [1.807, 2.05) is 25.2 Å². The van der Waals surface area contributed by atoms with Gasteiger partial charge in [-0.3, -0.25) is 0 Å². The van der Waals surface area contributed by atoms with E-state index >= 15 is 0 Å². The van der Waals surface area contributed by atoms with Crippen LogP contribution in [0, 0.1) is 5.92 Å². The molecule has 0 saturated heterocycles. The lowest BCUT2D eigenvalue weighted by molar-refractivity contribution is 0.238. The normalized spacial score (nSPS) is 10.9. The summed E-state index contributed by atoms with van der Waals surface area (Å²) in [6, 6.07) is 5.79. The second kappa shape index (κ2) is 7.57. The molecule has 0 heterocycles. The number of rotatable bonds is 7. The lowest BCUT2D eigenvalue weighted by Crippen LogP contribution is -2.13. The second-order valence-electron chi connectivity index (χ2n) is 4.28. The first-order valence-corrected chi connectivity index (χ1v) is 6.64. The van der Waals surface area contributed by atoms with Crippen LogP contribution in [-0.4, -0.2) is 13.7 Å². The Hall–Kier alpha value is -0.730. The number of nitrogens with one attached hydrogen (secondary N) is 1. The first-order chi connectivity index (χ1) is 8.21. The molecule has 0 saturated carbocycles. The Kier molecular flexibility index (Phi) is 6.38. The monoisotopic (exact) mass is 255 g/mol. The molecule has 1 aromatic carbocycles. The standard InChI is InChI=1S/C14H22ClNO/c1-4-11(5-2)10-17-14-7-6-13(15)8-12(14)9-16-3/h6-8,11,16H,4-5,9-10H2,1-3H3. The fraction of sp³-hybridized carbons (Fsp3) is 0.571. The Bertz CT molecular complexity index is 337. The molecular weight excluding hydrogens is 234 g/mol. The topological polar surface area (TPSA) is 21.3 Å². The molecule has 0 spiro atoms. The third-order valence-corrected chi connectivity index (χ3v) is 3.25. The molecule has 1 aromatic rings. The lowest BCUT2D eigenvalue weighted by Gasteiger charge is -2.16. The Morgan fingerprint density at radius 1 is 1.29 bits per heavy atom. The summed E-state index contributed by atoms with van der Waals surface area (Å²) in [7, 11) is 1.92. The molecule has 0 radical (unpaired) electrons. The maximum atomic E-state index is 5.99. The van der Waals surface area contributed by atoms with Gasteiger partial charge in [-0.15, -0.1) is 0 Å². The highest BCUT2D eigenvalue weighted by molar-refractivity contribution is 6.30. The smallest absolute Gasteiger partial charge is 0.123 e. The summed E-state index contributed by atoms with van der Waals surface area (Å²) in [5.41, 5.74) is 1.12. The molecule has 0 aliphatic rings. The van der Waals surface area contributed by atoms with E-state index < -0.39 is 0 Å². The van der Waals surface area contributed by atoms with Crippen LogP contribution in [-0.2, 0) is 6.54 Å². The van der Waals surface area contributed by atoms with Crippen LogP contribution >= 0.6 is 11.6 Å². The van der Waals surface area contributed by atoms with Crippen LogP contribution in [0.25, 0.3) is 0 Å². The predicted molar refractivity (Wildman–Crippen MR) is 73.8 cm³/mol. The summed E-state index contributed by atoms with van der Waals surface area (Å²) in [5.74, 6) is 1.57. The van der Waals surface area contributed by atoms with Crippen molar-refractivity contribution in [3.05, 3.63) is 28.8 Å². The maximum absolute atomic E-state index is 5.99. The summed E-state index contributed by atoms with van der Waals surface area (Å²) in [5, 5.41) is 3.88. The fourth-order valence-electron chi connectivity index (χ4n) is 1.75. The van der Waals surface area contributed by atoms with E-state index in [2.05, 4.69) is 19.2 Å². The molecule has 0 atom stereocenters.